The van der Waals surface area contributed by atoms with E-state index in [1.165, 1.54) is 12.8 Å². The quantitative estimate of drug-likeness (QED) is 0.783. The van der Waals surface area contributed by atoms with E-state index in [1.807, 2.05) is 0 Å². The van der Waals surface area contributed by atoms with Gasteiger partial charge in [0.25, 0.3) is 0 Å². The zero-order chi connectivity index (χ0) is 13.9. The van der Waals surface area contributed by atoms with Crippen molar-refractivity contribution >= 4 is 0 Å². The first-order valence-corrected chi connectivity index (χ1v) is 7.11. The van der Waals surface area contributed by atoms with Gasteiger partial charge in [-0.1, -0.05) is 19.0 Å². The van der Waals surface area contributed by atoms with E-state index in [0.717, 1.165) is 25.8 Å². The second-order valence-corrected chi connectivity index (χ2v) is 6.24. The summed E-state index contributed by atoms with van der Waals surface area (Å²) in [6.45, 7) is 5.16. The SMILES string of the molecule is COC(c1noc(CCC(C)(C)CCN)n1)C1CC1. The number of nitrogens with two attached hydrogens (primary N) is 1. The van der Waals surface area contributed by atoms with Crippen LogP contribution >= 0.6 is 0 Å². The molecular weight excluding hydrogens is 242 g/mol. The summed E-state index contributed by atoms with van der Waals surface area (Å²) in [5, 5.41) is 4.06. The Labute approximate surface area is 114 Å². The molecule has 0 saturated heterocycles. The molecule has 1 atom stereocenters. The van der Waals surface area contributed by atoms with Gasteiger partial charge < -0.3 is 15.0 Å². The van der Waals surface area contributed by atoms with Gasteiger partial charge in [-0.25, -0.2) is 0 Å². The van der Waals surface area contributed by atoms with Crippen LogP contribution in [0.25, 0.3) is 0 Å². The molecule has 5 nitrogen and oxygen atoms in total. The van der Waals surface area contributed by atoms with Gasteiger partial charge in [-0.05, 0) is 43.6 Å². The lowest BCUT2D eigenvalue weighted by atomic mass is 9.84. The van der Waals surface area contributed by atoms with Crippen molar-refractivity contribution < 1.29 is 9.26 Å². The third-order valence-electron chi connectivity index (χ3n) is 3.88. The first-order valence-electron chi connectivity index (χ1n) is 7.11. The normalized spacial score (nSPS) is 17.7. The van der Waals surface area contributed by atoms with Gasteiger partial charge in [0.05, 0.1) is 0 Å². The highest BCUT2D eigenvalue weighted by Gasteiger charge is 2.35. The van der Waals surface area contributed by atoms with Crippen LogP contribution < -0.4 is 5.73 Å². The fraction of sp³-hybridized carbons (Fsp3) is 0.857. The Morgan fingerprint density at radius 1 is 1.42 bits per heavy atom. The molecule has 0 radical (unpaired) electrons. The van der Waals surface area contributed by atoms with Crippen LogP contribution in [0.15, 0.2) is 4.52 Å². The van der Waals surface area contributed by atoms with E-state index in [2.05, 4.69) is 24.0 Å². The highest BCUT2D eigenvalue weighted by molar-refractivity contribution is 4.98. The topological polar surface area (TPSA) is 74.2 Å². The Morgan fingerprint density at radius 2 is 2.16 bits per heavy atom. The van der Waals surface area contributed by atoms with Crippen molar-refractivity contribution in [2.75, 3.05) is 13.7 Å². The summed E-state index contributed by atoms with van der Waals surface area (Å²) in [6.07, 6.45) is 5.23. The van der Waals surface area contributed by atoms with Crippen molar-refractivity contribution in [3.05, 3.63) is 11.7 Å². The van der Waals surface area contributed by atoms with Gasteiger partial charge >= 0.3 is 0 Å². The fourth-order valence-electron chi connectivity index (χ4n) is 2.35. The number of aromatic nitrogens is 2. The third kappa shape index (κ3) is 4.01. The van der Waals surface area contributed by atoms with E-state index in [9.17, 15) is 0 Å². The van der Waals surface area contributed by atoms with E-state index in [-0.39, 0.29) is 11.5 Å². The minimum absolute atomic E-state index is 0.00884. The molecule has 1 saturated carbocycles. The van der Waals surface area contributed by atoms with Crippen molar-refractivity contribution in [1.82, 2.24) is 10.1 Å². The molecule has 2 N–H and O–H groups in total. The van der Waals surface area contributed by atoms with Crippen LogP contribution in [0.5, 0.6) is 0 Å². The predicted molar refractivity (Wildman–Crippen MR) is 72.5 cm³/mol. The molecule has 1 fully saturated rings. The van der Waals surface area contributed by atoms with E-state index in [1.54, 1.807) is 7.11 Å². The molecule has 1 aliphatic carbocycles. The van der Waals surface area contributed by atoms with Gasteiger partial charge in [-0.2, -0.15) is 4.98 Å². The predicted octanol–water partition coefficient (Wildman–Crippen LogP) is 2.47. The minimum Gasteiger partial charge on any atom is -0.373 e. The number of methoxy groups -OCH3 is 1. The number of hydrogen-bond acceptors (Lipinski definition) is 5. The number of rotatable bonds is 8. The third-order valence-corrected chi connectivity index (χ3v) is 3.88. The Kier molecular flexibility index (Phi) is 4.58. The standard InChI is InChI=1S/C14H25N3O2/c1-14(2,8-9-15)7-6-11-16-13(17-19-11)12(18-3)10-4-5-10/h10,12H,4-9,15H2,1-3H3. The van der Waals surface area contributed by atoms with Gasteiger partial charge in [0.2, 0.25) is 11.7 Å². The summed E-state index contributed by atoms with van der Waals surface area (Å²) in [6, 6.07) is 0. The molecule has 5 heteroatoms. The Morgan fingerprint density at radius 3 is 2.74 bits per heavy atom. The van der Waals surface area contributed by atoms with Crippen molar-refractivity contribution in [1.29, 1.82) is 0 Å². The van der Waals surface area contributed by atoms with E-state index >= 15 is 0 Å². The van der Waals surface area contributed by atoms with Crippen molar-refractivity contribution in [2.24, 2.45) is 17.1 Å². The summed E-state index contributed by atoms with van der Waals surface area (Å²) >= 11 is 0. The molecular formula is C14H25N3O2. The summed E-state index contributed by atoms with van der Waals surface area (Å²) in [7, 11) is 1.71. The zero-order valence-corrected chi connectivity index (χ0v) is 12.2. The van der Waals surface area contributed by atoms with Gasteiger partial charge in [-0.3, -0.25) is 0 Å². The lowest BCUT2D eigenvalue weighted by Crippen LogP contribution is -2.17. The summed E-state index contributed by atoms with van der Waals surface area (Å²) in [4.78, 5) is 4.47. The van der Waals surface area contributed by atoms with Gasteiger partial charge in [0.1, 0.15) is 6.10 Å². The second kappa shape index (κ2) is 6.01. The monoisotopic (exact) mass is 267 g/mol. The number of aryl methyl sites for hydroxylation is 1. The molecule has 1 aliphatic rings. The van der Waals surface area contributed by atoms with Crippen LogP contribution in [0.3, 0.4) is 0 Å². The molecule has 0 aromatic carbocycles. The van der Waals surface area contributed by atoms with Crippen LogP contribution in [-0.4, -0.2) is 23.8 Å². The van der Waals surface area contributed by atoms with Crippen LogP contribution in [0.2, 0.25) is 0 Å². The molecule has 0 bridgehead atoms. The maximum atomic E-state index is 5.62. The first-order chi connectivity index (χ1) is 9.05. The lowest BCUT2D eigenvalue weighted by Gasteiger charge is -2.22. The Balaban J connectivity index is 1.90. The smallest absolute Gasteiger partial charge is 0.226 e. The van der Waals surface area contributed by atoms with Gasteiger partial charge in [0, 0.05) is 13.5 Å². The maximum Gasteiger partial charge on any atom is 0.226 e. The minimum atomic E-state index is 0.00884. The molecule has 108 valence electrons. The van der Waals surface area contributed by atoms with Crippen molar-refractivity contribution in [2.45, 2.75) is 52.1 Å². The number of hydrogen-bond donors (Lipinski definition) is 1. The van der Waals surface area contributed by atoms with Gasteiger partial charge in [-0.15, -0.1) is 0 Å². The summed E-state index contributed by atoms with van der Waals surface area (Å²) in [5.41, 5.74) is 5.84. The molecule has 0 spiro atoms. The van der Waals surface area contributed by atoms with E-state index in [0.29, 0.717) is 17.6 Å². The maximum absolute atomic E-state index is 5.62. The highest BCUT2D eigenvalue weighted by Crippen LogP contribution is 2.42. The van der Waals surface area contributed by atoms with Crippen molar-refractivity contribution in [3.8, 4) is 0 Å². The molecule has 1 heterocycles. The van der Waals surface area contributed by atoms with E-state index < -0.39 is 0 Å². The molecule has 19 heavy (non-hydrogen) atoms. The molecule has 1 aromatic heterocycles. The fourth-order valence-corrected chi connectivity index (χ4v) is 2.35. The average Bonchev–Trinajstić information content (AvgIpc) is 3.07. The Bertz CT molecular complexity index is 399. The van der Waals surface area contributed by atoms with Crippen LogP contribution in [0.1, 0.15) is 57.3 Å². The largest absolute Gasteiger partial charge is 0.373 e. The van der Waals surface area contributed by atoms with Crippen LogP contribution in [-0.2, 0) is 11.2 Å². The molecule has 0 amide bonds. The first kappa shape index (κ1) is 14.5. The van der Waals surface area contributed by atoms with E-state index in [4.69, 9.17) is 15.0 Å². The molecule has 2 rings (SSSR count). The molecule has 1 aromatic rings. The van der Waals surface area contributed by atoms with Crippen LogP contribution in [0, 0.1) is 11.3 Å². The zero-order valence-electron chi connectivity index (χ0n) is 12.2. The van der Waals surface area contributed by atoms with Crippen LogP contribution in [0.4, 0.5) is 0 Å². The van der Waals surface area contributed by atoms with Gasteiger partial charge in [0.15, 0.2) is 0 Å². The highest BCUT2D eigenvalue weighted by atomic mass is 16.5. The van der Waals surface area contributed by atoms with Crippen molar-refractivity contribution in [3.63, 3.8) is 0 Å². The number of nitrogens with zero attached hydrogens (tertiary/aromatic N) is 2. The number of ether oxygens (including phenoxy) is 1. The summed E-state index contributed by atoms with van der Waals surface area (Å²) in [5.74, 6) is 1.99. The second-order valence-electron chi connectivity index (χ2n) is 6.24. The lowest BCUT2D eigenvalue weighted by molar-refractivity contribution is 0.0751. The molecule has 0 aliphatic heterocycles. The molecule has 1 unspecified atom stereocenters. The Hall–Kier alpha value is -0.940. The summed E-state index contributed by atoms with van der Waals surface area (Å²) < 4.78 is 10.8. The average molecular weight is 267 g/mol.